The largest absolute Gasteiger partial charge is 0.494 e. The molecule has 0 saturated heterocycles. The molecule has 39 heavy (non-hydrogen) atoms. The highest BCUT2D eigenvalue weighted by atomic mass is 35.5. The fraction of sp³-hybridized carbons (Fsp3) is 0.231. The standard InChI is InChI=1S/C26H26Cl2N4O4S2.ClH/c1-31(2)15-4-16-32(26-29-23-22(36-3)14-13-21(28)24(23)37-26)25(33)17-5-9-19(10-6-17)30-38(34,35)20-11-7-18(27)8-12-20;/h5-14,30H,4,15-16H2,1-3H3;1H. The predicted molar refractivity (Wildman–Crippen MR) is 162 cm³/mol. The maximum absolute atomic E-state index is 13.7. The van der Waals surface area contributed by atoms with Gasteiger partial charge in [0.1, 0.15) is 11.3 Å². The Morgan fingerprint density at radius 3 is 2.28 bits per heavy atom. The van der Waals surface area contributed by atoms with Gasteiger partial charge in [-0.05, 0) is 87.7 Å². The minimum atomic E-state index is -3.81. The zero-order valence-electron chi connectivity index (χ0n) is 21.4. The van der Waals surface area contributed by atoms with Crippen LogP contribution in [0.2, 0.25) is 10.0 Å². The number of hydrogen-bond donors (Lipinski definition) is 1. The molecular formula is C26H27Cl3N4O4S2. The van der Waals surface area contributed by atoms with Crippen LogP contribution in [0.4, 0.5) is 10.8 Å². The lowest BCUT2D eigenvalue weighted by molar-refractivity contribution is 0.0986. The quantitative estimate of drug-likeness (QED) is 0.217. The average molecular weight is 630 g/mol. The number of nitrogens with zero attached hydrogens (tertiary/aromatic N) is 3. The van der Waals surface area contributed by atoms with E-state index in [1.165, 1.54) is 35.6 Å². The summed E-state index contributed by atoms with van der Waals surface area (Å²) in [5.41, 5.74) is 1.31. The van der Waals surface area contributed by atoms with Gasteiger partial charge in [0.15, 0.2) is 5.13 Å². The van der Waals surface area contributed by atoms with E-state index in [9.17, 15) is 13.2 Å². The Bertz CT molecular complexity index is 1540. The number of aromatic nitrogens is 1. The molecule has 3 aromatic carbocycles. The van der Waals surface area contributed by atoms with Gasteiger partial charge in [0.2, 0.25) is 0 Å². The van der Waals surface area contributed by atoms with Crippen LogP contribution in [0.5, 0.6) is 5.75 Å². The van der Waals surface area contributed by atoms with Gasteiger partial charge in [-0.25, -0.2) is 13.4 Å². The van der Waals surface area contributed by atoms with Crippen molar-refractivity contribution in [2.24, 2.45) is 0 Å². The van der Waals surface area contributed by atoms with Crippen molar-refractivity contribution in [3.8, 4) is 5.75 Å². The van der Waals surface area contributed by atoms with Gasteiger partial charge in [0, 0.05) is 22.8 Å². The number of sulfonamides is 1. The summed E-state index contributed by atoms with van der Waals surface area (Å²) in [6.07, 6.45) is 0.721. The van der Waals surface area contributed by atoms with Crippen molar-refractivity contribution in [3.63, 3.8) is 0 Å². The van der Waals surface area contributed by atoms with Crippen molar-refractivity contribution >= 4 is 83.9 Å². The van der Waals surface area contributed by atoms with Gasteiger partial charge in [0.25, 0.3) is 15.9 Å². The Labute approximate surface area is 248 Å². The molecule has 0 fully saturated rings. The molecule has 0 aliphatic carbocycles. The van der Waals surface area contributed by atoms with Gasteiger partial charge in [0.05, 0.1) is 21.7 Å². The Balaban J connectivity index is 0.00000420. The molecule has 1 N–H and O–H groups in total. The molecule has 0 unspecified atom stereocenters. The summed E-state index contributed by atoms with van der Waals surface area (Å²) in [5.74, 6) is 0.315. The Morgan fingerprint density at radius 2 is 1.67 bits per heavy atom. The number of thiazole rings is 1. The minimum absolute atomic E-state index is 0. The van der Waals surface area contributed by atoms with E-state index in [1.54, 1.807) is 48.4 Å². The number of nitrogens with one attached hydrogen (secondary N) is 1. The van der Waals surface area contributed by atoms with Gasteiger partial charge < -0.3 is 9.64 Å². The smallest absolute Gasteiger partial charge is 0.261 e. The molecule has 1 heterocycles. The number of carbonyl (C=O) groups is 1. The topological polar surface area (TPSA) is 91.8 Å². The summed E-state index contributed by atoms with van der Waals surface area (Å²) in [6.45, 7) is 1.21. The second-order valence-electron chi connectivity index (χ2n) is 8.67. The lowest BCUT2D eigenvalue weighted by atomic mass is 10.2. The summed E-state index contributed by atoms with van der Waals surface area (Å²) >= 11 is 13.6. The first-order valence-corrected chi connectivity index (χ1v) is 14.6. The molecule has 13 heteroatoms. The van der Waals surface area contributed by atoms with Gasteiger partial charge >= 0.3 is 0 Å². The Morgan fingerprint density at radius 1 is 1.00 bits per heavy atom. The first kappa shape index (κ1) is 30.9. The number of ether oxygens (including phenoxy) is 1. The van der Waals surface area contributed by atoms with Crippen LogP contribution < -0.4 is 14.4 Å². The molecule has 1 amide bonds. The third-order valence-electron chi connectivity index (χ3n) is 5.64. The fourth-order valence-electron chi connectivity index (χ4n) is 3.71. The van der Waals surface area contributed by atoms with E-state index in [2.05, 4.69) is 4.72 Å². The van der Waals surface area contributed by atoms with E-state index in [0.29, 0.717) is 44.2 Å². The summed E-state index contributed by atoms with van der Waals surface area (Å²) in [5, 5.41) is 1.47. The molecule has 1 aromatic heterocycles. The number of carbonyl (C=O) groups excluding carboxylic acids is 1. The van der Waals surface area contributed by atoms with E-state index in [4.69, 9.17) is 32.9 Å². The normalized spacial score (nSPS) is 11.3. The Hall–Kier alpha value is -2.60. The molecule has 208 valence electrons. The molecule has 8 nitrogen and oxygen atoms in total. The van der Waals surface area contributed by atoms with Crippen LogP contribution in [0.25, 0.3) is 10.2 Å². The fourth-order valence-corrected chi connectivity index (χ4v) is 6.18. The molecular weight excluding hydrogens is 603 g/mol. The maximum atomic E-state index is 13.7. The van der Waals surface area contributed by atoms with Crippen LogP contribution in [0.1, 0.15) is 16.8 Å². The van der Waals surface area contributed by atoms with Crippen molar-refractivity contribution in [1.82, 2.24) is 9.88 Å². The molecule has 0 radical (unpaired) electrons. The van der Waals surface area contributed by atoms with Crippen molar-refractivity contribution in [2.75, 3.05) is 43.9 Å². The van der Waals surface area contributed by atoms with Crippen LogP contribution in [0.3, 0.4) is 0 Å². The second kappa shape index (κ2) is 13.2. The average Bonchev–Trinajstić information content (AvgIpc) is 3.33. The SMILES string of the molecule is COc1ccc(Cl)c2sc(N(CCCN(C)C)C(=O)c3ccc(NS(=O)(=O)c4ccc(Cl)cc4)cc3)nc12.Cl. The van der Waals surface area contributed by atoms with Crippen LogP contribution in [-0.4, -0.2) is 58.5 Å². The van der Waals surface area contributed by atoms with E-state index < -0.39 is 10.0 Å². The third kappa shape index (κ3) is 7.33. The van der Waals surface area contributed by atoms with E-state index in [0.717, 1.165) is 17.7 Å². The van der Waals surface area contributed by atoms with Gasteiger partial charge in [-0.2, -0.15) is 0 Å². The monoisotopic (exact) mass is 628 g/mol. The molecule has 0 bridgehead atoms. The number of halogens is 3. The molecule has 0 atom stereocenters. The third-order valence-corrected chi connectivity index (χ3v) is 8.83. The molecule has 0 aliphatic rings. The second-order valence-corrected chi connectivity index (χ2v) is 12.2. The van der Waals surface area contributed by atoms with Gasteiger partial charge in [-0.3, -0.25) is 14.4 Å². The van der Waals surface area contributed by atoms with Crippen LogP contribution in [0, 0.1) is 0 Å². The van der Waals surface area contributed by atoms with E-state index >= 15 is 0 Å². The number of benzene rings is 3. The predicted octanol–water partition coefficient (Wildman–Crippen LogP) is 6.43. The zero-order chi connectivity index (χ0) is 27.4. The zero-order valence-corrected chi connectivity index (χ0v) is 25.3. The first-order valence-electron chi connectivity index (χ1n) is 11.6. The van der Waals surface area contributed by atoms with E-state index in [1.807, 2.05) is 19.0 Å². The molecule has 4 aromatic rings. The van der Waals surface area contributed by atoms with Crippen LogP contribution in [0.15, 0.2) is 65.6 Å². The van der Waals surface area contributed by atoms with Crippen molar-refractivity contribution < 1.29 is 17.9 Å². The summed E-state index contributed by atoms with van der Waals surface area (Å²) in [6, 6.07) is 15.6. The van der Waals surface area contributed by atoms with Gasteiger partial charge in [-0.15, -0.1) is 12.4 Å². The van der Waals surface area contributed by atoms with Crippen molar-refractivity contribution in [3.05, 3.63) is 76.3 Å². The van der Waals surface area contributed by atoms with E-state index in [-0.39, 0.29) is 23.2 Å². The maximum Gasteiger partial charge on any atom is 0.261 e. The Kier molecular flexibility index (Phi) is 10.4. The number of fused-ring (bicyclic) bond motifs is 1. The highest BCUT2D eigenvalue weighted by Gasteiger charge is 2.23. The molecule has 4 rings (SSSR count). The summed E-state index contributed by atoms with van der Waals surface area (Å²) in [7, 11) is 1.69. The lowest BCUT2D eigenvalue weighted by Gasteiger charge is -2.21. The summed E-state index contributed by atoms with van der Waals surface area (Å²) < 4.78 is 34.1. The lowest BCUT2D eigenvalue weighted by Crippen LogP contribution is -2.33. The van der Waals surface area contributed by atoms with Crippen LogP contribution in [-0.2, 0) is 10.0 Å². The molecule has 0 aliphatic heterocycles. The van der Waals surface area contributed by atoms with Crippen LogP contribution >= 0.6 is 46.9 Å². The highest BCUT2D eigenvalue weighted by molar-refractivity contribution is 7.92. The molecule has 0 saturated carbocycles. The van der Waals surface area contributed by atoms with Crippen molar-refractivity contribution in [2.45, 2.75) is 11.3 Å². The molecule has 0 spiro atoms. The van der Waals surface area contributed by atoms with Gasteiger partial charge in [-0.1, -0.05) is 34.5 Å². The van der Waals surface area contributed by atoms with Crippen molar-refractivity contribution in [1.29, 1.82) is 0 Å². The number of hydrogen-bond acceptors (Lipinski definition) is 7. The summed E-state index contributed by atoms with van der Waals surface area (Å²) in [4.78, 5) is 22.1. The first-order chi connectivity index (χ1) is 18.1. The number of methoxy groups -OCH3 is 1. The highest BCUT2D eigenvalue weighted by Crippen LogP contribution is 2.39. The minimum Gasteiger partial charge on any atom is -0.494 e. The number of anilines is 2. The number of rotatable bonds is 10. The number of amides is 1.